The normalized spacial score (nSPS) is 15.0. The first-order valence-electron chi connectivity index (χ1n) is 9.72. The number of nitrogens with zero attached hydrogens (tertiary/aromatic N) is 3. The molecule has 0 spiro atoms. The third kappa shape index (κ3) is 5.73. The average molecular weight is 576 g/mol. The van der Waals surface area contributed by atoms with Crippen molar-refractivity contribution in [2.45, 2.75) is 45.2 Å². The molecule has 0 amide bonds. The lowest BCUT2D eigenvalue weighted by molar-refractivity contribution is 0.182. The van der Waals surface area contributed by atoms with Crippen LogP contribution in [-0.2, 0) is 23.2 Å². The predicted molar refractivity (Wildman–Crippen MR) is 132 cm³/mol. The molecular weight excluding hydrogens is 545 g/mol. The predicted octanol–water partition coefficient (Wildman–Crippen LogP) is 3.92. The van der Waals surface area contributed by atoms with Gasteiger partial charge in [0.15, 0.2) is 5.96 Å². The van der Waals surface area contributed by atoms with Crippen LogP contribution >= 0.6 is 39.9 Å². The van der Waals surface area contributed by atoms with Crippen molar-refractivity contribution < 1.29 is 4.74 Å². The van der Waals surface area contributed by atoms with E-state index in [0.717, 1.165) is 24.7 Å². The van der Waals surface area contributed by atoms with E-state index in [4.69, 9.17) is 4.74 Å². The second kappa shape index (κ2) is 10.8. The number of methoxy groups -OCH3 is 1. The molecule has 0 saturated heterocycles. The molecular formula is C21H31BrIN5O. The summed E-state index contributed by atoms with van der Waals surface area (Å²) in [7, 11) is 3.53. The molecule has 0 unspecified atom stereocenters. The molecule has 29 heavy (non-hydrogen) atoms. The van der Waals surface area contributed by atoms with Crippen molar-refractivity contribution in [2.24, 2.45) is 4.99 Å². The summed E-state index contributed by atoms with van der Waals surface area (Å²) < 4.78 is 8.37. The van der Waals surface area contributed by atoms with E-state index in [0.29, 0.717) is 13.2 Å². The van der Waals surface area contributed by atoms with Crippen molar-refractivity contribution in [3.8, 4) is 0 Å². The van der Waals surface area contributed by atoms with Gasteiger partial charge in [-0.1, -0.05) is 34.1 Å². The Hall–Kier alpha value is -1.13. The van der Waals surface area contributed by atoms with Crippen molar-refractivity contribution in [1.82, 2.24) is 20.4 Å². The number of ether oxygens (including phenoxy) is 1. The van der Waals surface area contributed by atoms with E-state index in [1.54, 1.807) is 7.11 Å². The van der Waals surface area contributed by atoms with E-state index in [1.165, 1.54) is 34.1 Å². The van der Waals surface area contributed by atoms with Gasteiger partial charge in [0.2, 0.25) is 0 Å². The van der Waals surface area contributed by atoms with Crippen molar-refractivity contribution in [3.05, 3.63) is 51.3 Å². The van der Waals surface area contributed by atoms with Gasteiger partial charge in [0.1, 0.15) is 0 Å². The summed E-state index contributed by atoms with van der Waals surface area (Å²) in [4.78, 5) is 4.40. The highest BCUT2D eigenvalue weighted by atomic mass is 127. The largest absolute Gasteiger partial charge is 0.383 e. The minimum absolute atomic E-state index is 0. The molecule has 1 saturated carbocycles. The van der Waals surface area contributed by atoms with E-state index in [2.05, 4.69) is 74.8 Å². The first-order valence-corrected chi connectivity index (χ1v) is 10.5. The van der Waals surface area contributed by atoms with Crippen LogP contribution in [0.3, 0.4) is 0 Å². The highest BCUT2D eigenvalue weighted by Crippen LogP contribution is 2.49. The molecule has 3 rings (SSSR count). The lowest BCUT2D eigenvalue weighted by atomic mass is 9.96. The summed E-state index contributed by atoms with van der Waals surface area (Å²) in [6.07, 6.45) is 2.40. The number of hydrogen-bond donors (Lipinski definition) is 2. The number of halogens is 2. The summed E-state index contributed by atoms with van der Waals surface area (Å²) in [5.74, 6) is 0.821. The van der Waals surface area contributed by atoms with Crippen LogP contribution in [0.1, 0.15) is 35.4 Å². The molecule has 1 aromatic heterocycles. The second-order valence-electron chi connectivity index (χ2n) is 7.40. The topological polar surface area (TPSA) is 63.5 Å². The molecule has 2 aromatic rings. The van der Waals surface area contributed by atoms with Crippen molar-refractivity contribution >= 4 is 45.9 Å². The summed E-state index contributed by atoms with van der Waals surface area (Å²) in [6.45, 7) is 7.16. The standard InChI is InChI=1S/C21H30BrN5O.HI/c1-15-17(16(2)27(26-15)11-12-28-4)13-24-20(23-3)25-14-21(9-10-21)18-7-5-6-8-19(18)22;/h5-8H,9-14H2,1-4H3,(H2,23,24,25);1H. The van der Waals surface area contributed by atoms with Gasteiger partial charge in [-0.3, -0.25) is 9.67 Å². The zero-order valence-corrected chi connectivity index (χ0v) is 21.5. The van der Waals surface area contributed by atoms with Gasteiger partial charge in [-0.15, -0.1) is 24.0 Å². The smallest absolute Gasteiger partial charge is 0.191 e. The fourth-order valence-corrected chi connectivity index (χ4v) is 4.32. The minimum Gasteiger partial charge on any atom is -0.383 e. The van der Waals surface area contributed by atoms with Crippen LogP contribution in [0.15, 0.2) is 33.7 Å². The molecule has 0 radical (unpaired) electrons. The lowest BCUT2D eigenvalue weighted by Gasteiger charge is -2.20. The van der Waals surface area contributed by atoms with Gasteiger partial charge >= 0.3 is 0 Å². The number of aromatic nitrogens is 2. The second-order valence-corrected chi connectivity index (χ2v) is 8.26. The van der Waals surface area contributed by atoms with E-state index in [1.807, 2.05) is 11.7 Å². The van der Waals surface area contributed by atoms with Gasteiger partial charge < -0.3 is 15.4 Å². The van der Waals surface area contributed by atoms with Crippen LogP contribution in [0.2, 0.25) is 0 Å². The number of guanidine groups is 1. The first kappa shape index (κ1) is 24.1. The molecule has 1 aliphatic rings. The number of nitrogens with one attached hydrogen (secondary N) is 2. The number of rotatable bonds is 8. The molecule has 0 aliphatic heterocycles. The zero-order chi connectivity index (χ0) is 20.1. The molecule has 1 aliphatic carbocycles. The van der Waals surface area contributed by atoms with Gasteiger partial charge in [0.05, 0.1) is 18.8 Å². The maximum atomic E-state index is 5.17. The monoisotopic (exact) mass is 575 g/mol. The van der Waals surface area contributed by atoms with E-state index < -0.39 is 0 Å². The number of benzene rings is 1. The number of hydrogen-bond acceptors (Lipinski definition) is 3. The minimum atomic E-state index is 0. The van der Waals surface area contributed by atoms with Crippen LogP contribution in [0.4, 0.5) is 0 Å². The quantitative estimate of drug-likeness (QED) is 0.284. The molecule has 160 valence electrons. The molecule has 1 fully saturated rings. The van der Waals surface area contributed by atoms with Gasteiger partial charge in [-0.25, -0.2) is 0 Å². The summed E-state index contributed by atoms with van der Waals surface area (Å²) in [6, 6.07) is 8.51. The Balaban J connectivity index is 0.00000300. The van der Waals surface area contributed by atoms with E-state index >= 15 is 0 Å². The van der Waals surface area contributed by atoms with Crippen molar-refractivity contribution in [2.75, 3.05) is 27.3 Å². The van der Waals surface area contributed by atoms with Gasteiger partial charge in [-0.05, 0) is 38.3 Å². The van der Waals surface area contributed by atoms with E-state index in [9.17, 15) is 0 Å². The Morgan fingerprint density at radius 2 is 2.00 bits per heavy atom. The first-order chi connectivity index (χ1) is 13.5. The zero-order valence-electron chi connectivity index (χ0n) is 17.6. The summed E-state index contributed by atoms with van der Waals surface area (Å²) >= 11 is 3.70. The van der Waals surface area contributed by atoms with Crippen LogP contribution < -0.4 is 10.6 Å². The SMILES string of the molecule is CN=C(NCc1c(C)nn(CCOC)c1C)NCC1(c2ccccc2Br)CC1.I. The van der Waals surface area contributed by atoms with Crippen LogP contribution in [0, 0.1) is 13.8 Å². The molecule has 1 heterocycles. The Morgan fingerprint density at radius 1 is 1.28 bits per heavy atom. The molecule has 1 aromatic carbocycles. The fraction of sp³-hybridized carbons (Fsp3) is 0.524. The molecule has 0 atom stereocenters. The van der Waals surface area contributed by atoms with Crippen LogP contribution in [0.25, 0.3) is 0 Å². The number of aryl methyl sites for hydroxylation is 1. The van der Waals surface area contributed by atoms with Gasteiger partial charge in [-0.2, -0.15) is 5.10 Å². The maximum absolute atomic E-state index is 5.17. The van der Waals surface area contributed by atoms with Crippen molar-refractivity contribution in [3.63, 3.8) is 0 Å². The summed E-state index contributed by atoms with van der Waals surface area (Å²) in [5, 5.41) is 11.6. The Bertz CT molecular complexity index is 848. The average Bonchev–Trinajstić information content (AvgIpc) is 3.43. The summed E-state index contributed by atoms with van der Waals surface area (Å²) in [5.41, 5.74) is 5.01. The molecule has 6 nitrogen and oxygen atoms in total. The maximum Gasteiger partial charge on any atom is 0.191 e. The van der Waals surface area contributed by atoms with E-state index in [-0.39, 0.29) is 29.4 Å². The van der Waals surface area contributed by atoms with Crippen molar-refractivity contribution in [1.29, 1.82) is 0 Å². The van der Waals surface area contributed by atoms with Crippen LogP contribution in [-0.4, -0.2) is 43.0 Å². The number of aliphatic imine (C=N–C) groups is 1. The fourth-order valence-electron chi connectivity index (χ4n) is 3.61. The molecule has 0 bridgehead atoms. The third-order valence-corrected chi connectivity index (χ3v) is 6.28. The molecule has 2 N–H and O–H groups in total. The Kier molecular flexibility index (Phi) is 8.96. The lowest BCUT2D eigenvalue weighted by Crippen LogP contribution is -2.41. The Labute approximate surface area is 199 Å². The highest BCUT2D eigenvalue weighted by molar-refractivity contribution is 14.0. The third-order valence-electron chi connectivity index (χ3n) is 5.59. The van der Waals surface area contributed by atoms with Crippen LogP contribution in [0.5, 0.6) is 0 Å². The Morgan fingerprint density at radius 3 is 2.62 bits per heavy atom. The molecule has 8 heteroatoms. The van der Waals surface area contributed by atoms with Gasteiger partial charge in [0, 0.05) is 48.4 Å². The highest BCUT2D eigenvalue weighted by Gasteiger charge is 2.45. The van der Waals surface area contributed by atoms with Gasteiger partial charge in [0.25, 0.3) is 0 Å².